The van der Waals surface area contributed by atoms with Crippen LogP contribution in [0.1, 0.15) is 33.4 Å². The normalized spacial score (nSPS) is 18.5. The number of allylic oxidation sites excluding steroid dienone is 2. The smallest absolute Gasteiger partial charge is 0.387 e. The molecule has 0 radical (unpaired) electrons. The van der Waals surface area contributed by atoms with Crippen LogP contribution >= 0.6 is 0 Å². The van der Waals surface area contributed by atoms with E-state index in [2.05, 4.69) is 43.9 Å². The first-order chi connectivity index (χ1) is 14.6. The lowest BCUT2D eigenvalue weighted by molar-refractivity contribution is -0.0489. The van der Waals surface area contributed by atoms with Crippen LogP contribution in [0.5, 0.6) is 5.75 Å². The van der Waals surface area contributed by atoms with E-state index >= 15 is 0 Å². The molecule has 4 rings (SSSR count). The average Bonchev–Trinajstić information content (AvgIpc) is 3.06. The van der Waals surface area contributed by atoms with E-state index in [0.717, 1.165) is 27.9 Å². The van der Waals surface area contributed by atoms with Crippen molar-refractivity contribution in [3.8, 4) is 5.75 Å². The predicted molar refractivity (Wildman–Crippen MR) is 117 cm³/mol. The van der Waals surface area contributed by atoms with Crippen molar-refractivity contribution in [2.75, 3.05) is 6.61 Å². The zero-order valence-electron chi connectivity index (χ0n) is 18.3. The number of rotatable bonds is 5. The Labute approximate surface area is 180 Å². The monoisotopic (exact) mass is 427 g/mol. The Morgan fingerprint density at radius 3 is 2.71 bits per heavy atom. The molecule has 2 aliphatic rings. The Balaban J connectivity index is 1.90. The Morgan fingerprint density at radius 1 is 1.32 bits per heavy atom. The first-order valence-corrected chi connectivity index (χ1v) is 10.3. The Hall–Kier alpha value is -3.09. The molecule has 0 bridgehead atoms. The molecule has 1 atom stereocenters. The van der Waals surface area contributed by atoms with Crippen molar-refractivity contribution in [1.29, 1.82) is 0 Å². The van der Waals surface area contributed by atoms with Crippen molar-refractivity contribution in [3.05, 3.63) is 66.2 Å². The van der Waals surface area contributed by atoms with Gasteiger partial charge in [0.2, 0.25) is 0 Å². The van der Waals surface area contributed by atoms with Crippen LogP contribution in [0.3, 0.4) is 0 Å². The highest BCUT2D eigenvalue weighted by atomic mass is 19.3. The van der Waals surface area contributed by atoms with Gasteiger partial charge in [-0.2, -0.15) is 13.9 Å². The maximum atomic E-state index is 12.9. The van der Waals surface area contributed by atoms with Crippen LogP contribution in [-0.4, -0.2) is 33.9 Å². The molecular formula is C24H27F2N3O2. The van der Waals surface area contributed by atoms with Gasteiger partial charge in [0, 0.05) is 17.2 Å². The summed E-state index contributed by atoms with van der Waals surface area (Å²) in [6.45, 7) is 14.9. The highest BCUT2D eigenvalue weighted by Crippen LogP contribution is 2.44. The third kappa shape index (κ3) is 3.62. The van der Waals surface area contributed by atoms with Gasteiger partial charge in [-0.05, 0) is 30.1 Å². The third-order valence-corrected chi connectivity index (χ3v) is 5.70. The minimum absolute atomic E-state index is 0.0672. The van der Waals surface area contributed by atoms with E-state index in [0.29, 0.717) is 24.4 Å². The third-order valence-electron chi connectivity index (χ3n) is 5.70. The molecule has 0 saturated heterocycles. The van der Waals surface area contributed by atoms with Crippen molar-refractivity contribution in [2.24, 2.45) is 5.41 Å². The zero-order chi connectivity index (χ0) is 22.5. The van der Waals surface area contributed by atoms with E-state index in [1.54, 1.807) is 6.07 Å². The van der Waals surface area contributed by atoms with E-state index in [9.17, 15) is 8.78 Å². The number of hydrogen-bond donors (Lipinski definition) is 0. The summed E-state index contributed by atoms with van der Waals surface area (Å²) in [6, 6.07) is 5.17. The standard InChI is InChI=1S/C24H27F2N3O2/c1-7-30-15(3)17-12-28-18(11-14(17)2)22-16-9-8-10-19(31-23(25)26)21(16)27-29(22)13-20(28)24(4,5)6/h8-12,20,23H,2-3,7,13H2,1,4-6H3. The molecule has 0 spiro atoms. The van der Waals surface area contributed by atoms with Crippen LogP contribution in [0.15, 0.2) is 60.5 Å². The van der Waals surface area contributed by atoms with Crippen LogP contribution in [0.25, 0.3) is 16.6 Å². The molecule has 1 aromatic heterocycles. The van der Waals surface area contributed by atoms with E-state index in [-0.39, 0.29) is 17.2 Å². The summed E-state index contributed by atoms with van der Waals surface area (Å²) in [5.74, 6) is 0.650. The lowest BCUT2D eigenvalue weighted by Crippen LogP contribution is -2.47. The summed E-state index contributed by atoms with van der Waals surface area (Å²) in [7, 11) is 0. The van der Waals surface area contributed by atoms with E-state index in [1.165, 1.54) is 6.07 Å². The molecule has 2 aromatic rings. The summed E-state index contributed by atoms with van der Waals surface area (Å²) in [6.07, 6.45) is 4.03. The summed E-state index contributed by atoms with van der Waals surface area (Å²) in [5.41, 5.74) is 3.73. The van der Waals surface area contributed by atoms with Crippen molar-refractivity contribution < 1.29 is 18.3 Å². The Bertz CT molecular complexity index is 1120. The minimum Gasteiger partial charge on any atom is -0.494 e. The summed E-state index contributed by atoms with van der Waals surface area (Å²) in [5, 5.41) is 5.43. The van der Waals surface area contributed by atoms with Crippen LogP contribution < -0.4 is 4.74 Å². The van der Waals surface area contributed by atoms with Gasteiger partial charge in [-0.15, -0.1) is 0 Å². The Kier molecular flexibility index (Phi) is 5.15. The predicted octanol–water partition coefficient (Wildman–Crippen LogP) is 5.71. The first-order valence-electron chi connectivity index (χ1n) is 10.3. The molecule has 3 heterocycles. The summed E-state index contributed by atoms with van der Waals surface area (Å²) in [4.78, 5) is 2.21. The van der Waals surface area contributed by atoms with Gasteiger partial charge in [-0.25, -0.2) is 0 Å². The van der Waals surface area contributed by atoms with Gasteiger partial charge in [-0.1, -0.05) is 46.1 Å². The molecule has 2 aliphatic heterocycles. The molecule has 164 valence electrons. The first kappa shape index (κ1) is 21.2. The molecule has 0 fully saturated rings. The average molecular weight is 427 g/mol. The highest BCUT2D eigenvalue weighted by Gasteiger charge is 2.40. The van der Waals surface area contributed by atoms with Gasteiger partial charge < -0.3 is 14.4 Å². The zero-order valence-corrected chi connectivity index (χ0v) is 18.3. The lowest BCUT2D eigenvalue weighted by Gasteiger charge is -2.46. The van der Waals surface area contributed by atoms with Gasteiger partial charge in [0.25, 0.3) is 0 Å². The fourth-order valence-electron chi connectivity index (χ4n) is 4.22. The topological polar surface area (TPSA) is 39.5 Å². The largest absolute Gasteiger partial charge is 0.494 e. The molecule has 0 amide bonds. The molecule has 7 heteroatoms. The van der Waals surface area contributed by atoms with E-state index < -0.39 is 6.61 Å². The maximum Gasteiger partial charge on any atom is 0.387 e. The number of aromatic nitrogens is 2. The van der Waals surface area contributed by atoms with Gasteiger partial charge in [0.15, 0.2) is 5.75 Å². The van der Waals surface area contributed by atoms with Gasteiger partial charge in [0.1, 0.15) is 11.3 Å². The van der Waals surface area contributed by atoms with Crippen molar-refractivity contribution in [2.45, 2.75) is 46.9 Å². The quantitative estimate of drug-likeness (QED) is 0.573. The van der Waals surface area contributed by atoms with Crippen LogP contribution in [0.4, 0.5) is 8.78 Å². The fraction of sp³-hybridized carbons (Fsp3) is 0.375. The minimum atomic E-state index is -2.91. The van der Waals surface area contributed by atoms with Gasteiger partial charge in [-0.3, -0.25) is 4.68 Å². The number of hydrogen-bond acceptors (Lipinski definition) is 4. The second-order valence-electron chi connectivity index (χ2n) is 8.80. The SMILES string of the molecule is C=C1C=C2c3c4cccc(OC(F)F)c4nn3CC(C(C)(C)C)N2C=C1C(=C)OCC. The van der Waals surface area contributed by atoms with Crippen molar-refractivity contribution in [3.63, 3.8) is 0 Å². The van der Waals surface area contributed by atoms with Crippen LogP contribution in [0.2, 0.25) is 0 Å². The van der Waals surface area contributed by atoms with Crippen LogP contribution in [-0.2, 0) is 11.3 Å². The number of nitrogens with zero attached hydrogens (tertiary/aromatic N) is 3. The molecule has 31 heavy (non-hydrogen) atoms. The number of alkyl halides is 2. The van der Waals surface area contributed by atoms with Gasteiger partial charge >= 0.3 is 6.61 Å². The maximum absolute atomic E-state index is 12.9. The van der Waals surface area contributed by atoms with Crippen molar-refractivity contribution >= 4 is 16.6 Å². The van der Waals surface area contributed by atoms with Gasteiger partial charge in [0.05, 0.1) is 30.6 Å². The van der Waals surface area contributed by atoms with Crippen molar-refractivity contribution in [1.82, 2.24) is 14.7 Å². The summed E-state index contributed by atoms with van der Waals surface area (Å²) >= 11 is 0. The second-order valence-corrected chi connectivity index (χ2v) is 8.80. The van der Waals surface area contributed by atoms with E-state index in [1.807, 2.05) is 29.9 Å². The number of ether oxygens (including phenoxy) is 2. The highest BCUT2D eigenvalue weighted by molar-refractivity contribution is 5.95. The number of fused-ring (bicyclic) bond motifs is 5. The molecule has 0 aliphatic carbocycles. The summed E-state index contributed by atoms with van der Waals surface area (Å²) < 4.78 is 38.1. The van der Waals surface area contributed by atoms with E-state index in [4.69, 9.17) is 9.47 Å². The molecular weight excluding hydrogens is 400 g/mol. The Morgan fingerprint density at radius 2 is 2.06 bits per heavy atom. The fourth-order valence-corrected chi connectivity index (χ4v) is 4.22. The molecule has 0 saturated carbocycles. The molecule has 1 aromatic carbocycles. The number of halogens is 2. The number of benzene rings is 1. The van der Waals surface area contributed by atoms with Crippen LogP contribution in [0, 0.1) is 5.41 Å². The molecule has 0 N–H and O–H groups in total. The second kappa shape index (κ2) is 7.55. The molecule has 5 nitrogen and oxygen atoms in total. The molecule has 1 unspecified atom stereocenters. The lowest BCUT2D eigenvalue weighted by atomic mass is 9.82.